The summed E-state index contributed by atoms with van der Waals surface area (Å²) in [5.41, 5.74) is 1.49. The lowest BCUT2D eigenvalue weighted by Crippen LogP contribution is -2.28. The Hall–Kier alpha value is -3.39. The number of hydrogen-bond acceptors (Lipinski definition) is 6. The van der Waals surface area contributed by atoms with Gasteiger partial charge in [0.25, 0.3) is 11.8 Å². The van der Waals surface area contributed by atoms with Crippen molar-refractivity contribution in [1.82, 2.24) is 5.32 Å². The summed E-state index contributed by atoms with van der Waals surface area (Å²) in [5, 5.41) is 17.3. The largest absolute Gasteiger partial charge is 0.452 e. The summed E-state index contributed by atoms with van der Waals surface area (Å²) in [6.45, 7) is -0.296. The van der Waals surface area contributed by atoms with Crippen molar-refractivity contribution in [2.24, 2.45) is 0 Å². The average molecular weight is 397 g/mol. The molecule has 0 spiro atoms. The number of para-hydroxylation sites is 2. The van der Waals surface area contributed by atoms with Crippen LogP contribution in [0.3, 0.4) is 0 Å². The average Bonchev–Trinajstić information content (AvgIpc) is 3.55. The molecule has 0 aromatic heterocycles. The van der Waals surface area contributed by atoms with Crippen molar-refractivity contribution in [3.05, 3.63) is 59.7 Å². The molecule has 1 saturated carbocycles. The van der Waals surface area contributed by atoms with Crippen molar-refractivity contribution in [1.29, 1.82) is 0 Å². The predicted octanol–water partition coefficient (Wildman–Crippen LogP) is 1.78. The molecule has 0 heterocycles. The molecule has 0 radical (unpaired) electrons. The zero-order valence-corrected chi connectivity index (χ0v) is 15.8. The molecular formula is C21H23N3O5. The third-order valence-electron chi connectivity index (χ3n) is 4.27. The van der Waals surface area contributed by atoms with E-state index < -0.39 is 18.5 Å². The molecule has 2 aromatic rings. The van der Waals surface area contributed by atoms with Crippen LogP contribution in [0.1, 0.15) is 33.6 Å². The van der Waals surface area contributed by atoms with Gasteiger partial charge in [0.05, 0.1) is 23.4 Å². The van der Waals surface area contributed by atoms with Gasteiger partial charge in [-0.25, -0.2) is 4.79 Å². The minimum absolute atomic E-state index is 0.0838. The first kappa shape index (κ1) is 20.3. The zero-order valence-electron chi connectivity index (χ0n) is 15.8. The van der Waals surface area contributed by atoms with Crippen molar-refractivity contribution in [3.8, 4) is 0 Å². The van der Waals surface area contributed by atoms with Crippen molar-refractivity contribution in [2.75, 3.05) is 30.4 Å². The van der Waals surface area contributed by atoms with Crippen LogP contribution < -0.4 is 16.0 Å². The Morgan fingerprint density at radius 2 is 1.62 bits per heavy atom. The van der Waals surface area contributed by atoms with E-state index in [0.29, 0.717) is 16.9 Å². The van der Waals surface area contributed by atoms with Gasteiger partial charge in [-0.2, -0.15) is 0 Å². The Balaban J connectivity index is 1.58. The van der Waals surface area contributed by atoms with Crippen LogP contribution in [0.2, 0.25) is 0 Å². The van der Waals surface area contributed by atoms with E-state index >= 15 is 0 Å². The summed E-state index contributed by atoms with van der Waals surface area (Å²) in [6, 6.07) is 13.5. The fourth-order valence-electron chi connectivity index (χ4n) is 2.68. The lowest BCUT2D eigenvalue weighted by atomic mass is 10.1. The van der Waals surface area contributed by atoms with Crippen LogP contribution in [0.4, 0.5) is 11.4 Å². The second kappa shape index (κ2) is 9.70. The molecular weight excluding hydrogens is 374 g/mol. The number of aliphatic hydroxyl groups is 1. The smallest absolute Gasteiger partial charge is 0.340 e. The molecule has 29 heavy (non-hydrogen) atoms. The van der Waals surface area contributed by atoms with Crippen LogP contribution in [-0.2, 0) is 9.53 Å². The van der Waals surface area contributed by atoms with Gasteiger partial charge in [-0.15, -0.1) is 0 Å². The van der Waals surface area contributed by atoms with Gasteiger partial charge in [0.2, 0.25) is 0 Å². The fraction of sp³-hybridized carbons (Fsp3) is 0.286. The van der Waals surface area contributed by atoms with Crippen LogP contribution in [0.25, 0.3) is 0 Å². The Morgan fingerprint density at radius 3 is 2.31 bits per heavy atom. The maximum absolute atomic E-state index is 12.3. The van der Waals surface area contributed by atoms with E-state index in [9.17, 15) is 14.4 Å². The number of carbonyl (C=O) groups is 3. The first-order valence-electron chi connectivity index (χ1n) is 9.39. The highest BCUT2D eigenvalue weighted by molar-refractivity contribution is 6.04. The van der Waals surface area contributed by atoms with Gasteiger partial charge in [-0.3, -0.25) is 9.59 Å². The van der Waals surface area contributed by atoms with Gasteiger partial charge in [-0.1, -0.05) is 24.3 Å². The topological polar surface area (TPSA) is 117 Å². The molecule has 8 nitrogen and oxygen atoms in total. The second-order valence-corrected chi connectivity index (χ2v) is 6.61. The lowest BCUT2D eigenvalue weighted by Gasteiger charge is -2.12. The van der Waals surface area contributed by atoms with Crippen LogP contribution >= 0.6 is 0 Å². The van der Waals surface area contributed by atoms with Crippen LogP contribution in [0, 0.1) is 0 Å². The monoisotopic (exact) mass is 397 g/mol. The number of benzene rings is 2. The number of hydrogen-bond donors (Lipinski definition) is 4. The number of carbonyl (C=O) groups excluding carboxylic acids is 3. The number of amides is 2. The van der Waals surface area contributed by atoms with Gasteiger partial charge < -0.3 is 25.8 Å². The molecule has 1 aliphatic carbocycles. The van der Waals surface area contributed by atoms with Crippen molar-refractivity contribution in [2.45, 2.75) is 18.9 Å². The molecule has 0 atom stereocenters. The van der Waals surface area contributed by atoms with Gasteiger partial charge in [0.15, 0.2) is 6.61 Å². The third-order valence-corrected chi connectivity index (χ3v) is 4.27. The summed E-state index contributed by atoms with van der Waals surface area (Å²) >= 11 is 0. The second-order valence-electron chi connectivity index (χ2n) is 6.61. The van der Waals surface area contributed by atoms with Crippen LogP contribution in [0.15, 0.2) is 48.5 Å². The van der Waals surface area contributed by atoms with Crippen molar-refractivity contribution in [3.63, 3.8) is 0 Å². The van der Waals surface area contributed by atoms with E-state index in [1.807, 2.05) is 0 Å². The summed E-state index contributed by atoms with van der Waals surface area (Å²) < 4.78 is 5.10. The summed E-state index contributed by atoms with van der Waals surface area (Å²) in [7, 11) is 0. The summed E-state index contributed by atoms with van der Waals surface area (Å²) in [4.78, 5) is 36.9. The number of rotatable bonds is 9. The Kier molecular flexibility index (Phi) is 6.80. The SMILES string of the molecule is O=C(COC(=O)c1ccccc1NCCO)Nc1ccccc1C(=O)NC1CC1. The number of anilines is 2. The highest BCUT2D eigenvalue weighted by Crippen LogP contribution is 2.21. The van der Waals surface area contributed by atoms with Crippen molar-refractivity contribution >= 4 is 29.2 Å². The maximum Gasteiger partial charge on any atom is 0.340 e. The minimum Gasteiger partial charge on any atom is -0.452 e. The lowest BCUT2D eigenvalue weighted by molar-refractivity contribution is -0.119. The first-order valence-corrected chi connectivity index (χ1v) is 9.39. The fourth-order valence-corrected chi connectivity index (χ4v) is 2.68. The summed E-state index contributed by atoms with van der Waals surface area (Å²) in [5.74, 6) is -1.46. The molecule has 0 aliphatic heterocycles. The van der Waals surface area contributed by atoms with Gasteiger partial charge in [0.1, 0.15) is 0 Å². The zero-order chi connectivity index (χ0) is 20.6. The highest BCUT2D eigenvalue weighted by Gasteiger charge is 2.25. The van der Waals surface area contributed by atoms with E-state index in [0.717, 1.165) is 12.8 Å². The molecule has 2 amide bonds. The first-order chi connectivity index (χ1) is 14.1. The van der Waals surface area contributed by atoms with Crippen LogP contribution in [-0.4, -0.2) is 48.7 Å². The van der Waals surface area contributed by atoms with E-state index in [-0.39, 0.29) is 30.7 Å². The minimum atomic E-state index is -0.666. The molecule has 0 unspecified atom stereocenters. The number of nitrogens with one attached hydrogen (secondary N) is 3. The van der Waals surface area contributed by atoms with Crippen molar-refractivity contribution < 1.29 is 24.2 Å². The van der Waals surface area contributed by atoms with Crippen LogP contribution in [0.5, 0.6) is 0 Å². The molecule has 2 aromatic carbocycles. The number of ether oxygens (including phenoxy) is 1. The molecule has 152 valence electrons. The molecule has 1 aliphatic rings. The molecule has 4 N–H and O–H groups in total. The third kappa shape index (κ3) is 5.79. The van der Waals surface area contributed by atoms with E-state index in [2.05, 4.69) is 16.0 Å². The number of aliphatic hydroxyl groups excluding tert-OH is 1. The molecule has 0 bridgehead atoms. The molecule has 3 rings (SSSR count). The highest BCUT2D eigenvalue weighted by atomic mass is 16.5. The van der Waals surface area contributed by atoms with E-state index in [1.54, 1.807) is 48.5 Å². The van der Waals surface area contributed by atoms with E-state index in [1.165, 1.54) is 0 Å². The predicted molar refractivity (Wildman–Crippen MR) is 108 cm³/mol. The van der Waals surface area contributed by atoms with E-state index in [4.69, 9.17) is 9.84 Å². The molecule has 1 fully saturated rings. The normalized spacial score (nSPS) is 12.7. The summed E-state index contributed by atoms with van der Waals surface area (Å²) in [6.07, 6.45) is 1.93. The molecule has 0 saturated heterocycles. The van der Waals surface area contributed by atoms with Gasteiger partial charge in [0, 0.05) is 18.3 Å². The standard InChI is InChI=1S/C21H23N3O5/c25-12-11-22-17-7-3-2-6-16(17)21(28)29-13-19(26)24-18-8-4-1-5-15(18)20(27)23-14-9-10-14/h1-8,14,22,25H,9-13H2,(H,23,27)(H,24,26). The Bertz CT molecular complexity index is 895. The molecule has 8 heteroatoms. The Morgan fingerprint density at radius 1 is 0.966 bits per heavy atom. The number of esters is 1. The quantitative estimate of drug-likeness (QED) is 0.479. The maximum atomic E-state index is 12.3. The van der Waals surface area contributed by atoms with Gasteiger partial charge in [-0.05, 0) is 37.1 Å². The Labute approximate surface area is 168 Å². The van der Waals surface area contributed by atoms with Gasteiger partial charge >= 0.3 is 5.97 Å².